The summed E-state index contributed by atoms with van der Waals surface area (Å²) < 4.78 is 0. The Morgan fingerprint density at radius 3 is 2.48 bits per heavy atom. The number of amides is 1. The second-order valence-corrected chi connectivity index (χ2v) is 6.16. The van der Waals surface area contributed by atoms with Crippen LogP contribution in [0.5, 0.6) is 0 Å². The third-order valence-electron chi connectivity index (χ3n) is 3.47. The molecule has 114 valence electrons. The number of rotatable bonds is 6. The van der Waals surface area contributed by atoms with E-state index >= 15 is 0 Å². The lowest BCUT2D eigenvalue weighted by atomic mass is 10.1. The summed E-state index contributed by atoms with van der Waals surface area (Å²) in [5.41, 5.74) is 2.14. The van der Waals surface area contributed by atoms with E-state index in [9.17, 15) is 9.59 Å². The molecule has 0 saturated carbocycles. The molecule has 0 spiro atoms. The van der Waals surface area contributed by atoms with Crippen LogP contribution in [0.15, 0.2) is 18.2 Å². The molecule has 2 rings (SSSR count). The highest BCUT2D eigenvalue weighted by atomic mass is 16.2. The molecule has 1 aliphatic heterocycles. The van der Waals surface area contributed by atoms with Crippen LogP contribution in [0.25, 0.3) is 0 Å². The summed E-state index contributed by atoms with van der Waals surface area (Å²) >= 11 is 0. The highest BCUT2D eigenvalue weighted by molar-refractivity contribution is 6.51. The van der Waals surface area contributed by atoms with Gasteiger partial charge < -0.3 is 15.1 Å². The Kier molecular flexibility index (Phi) is 4.63. The van der Waals surface area contributed by atoms with E-state index in [2.05, 4.69) is 43.1 Å². The van der Waals surface area contributed by atoms with Gasteiger partial charge in [0.2, 0.25) is 0 Å². The Morgan fingerprint density at radius 2 is 1.86 bits per heavy atom. The Labute approximate surface area is 125 Å². The number of ketones is 1. The van der Waals surface area contributed by atoms with Gasteiger partial charge in [0.05, 0.1) is 11.3 Å². The third-order valence-corrected chi connectivity index (χ3v) is 3.47. The lowest BCUT2D eigenvalue weighted by Gasteiger charge is -2.28. The van der Waals surface area contributed by atoms with Crippen molar-refractivity contribution in [3.8, 4) is 0 Å². The molecule has 1 aliphatic rings. The third kappa shape index (κ3) is 3.61. The minimum absolute atomic E-state index is 0.444. The van der Waals surface area contributed by atoms with Gasteiger partial charge in [0.15, 0.2) is 0 Å². The number of benzene rings is 1. The number of Topliss-reactive ketones (excluding diaryl/α,β-unsaturated/α-hetero) is 1. The molecule has 5 nitrogen and oxygen atoms in total. The number of carbonyl (C=O) groups excluding carboxylic acids is 2. The summed E-state index contributed by atoms with van der Waals surface area (Å²) in [5, 5.41) is 2.64. The zero-order valence-electron chi connectivity index (χ0n) is 13.1. The van der Waals surface area contributed by atoms with Gasteiger partial charge in [-0.25, -0.2) is 0 Å². The van der Waals surface area contributed by atoms with Crippen molar-refractivity contribution in [3.63, 3.8) is 0 Å². The van der Waals surface area contributed by atoms with E-state index in [-0.39, 0.29) is 0 Å². The molecule has 1 amide bonds. The first kappa shape index (κ1) is 15.5. The Balaban J connectivity index is 2.22. The van der Waals surface area contributed by atoms with Crippen molar-refractivity contribution in [1.82, 2.24) is 4.90 Å². The minimum atomic E-state index is -0.536. The molecule has 0 aromatic heterocycles. The summed E-state index contributed by atoms with van der Waals surface area (Å²) in [6.07, 6.45) is 0. The molecule has 0 saturated heterocycles. The van der Waals surface area contributed by atoms with E-state index in [4.69, 9.17) is 0 Å². The van der Waals surface area contributed by atoms with E-state index in [1.807, 2.05) is 12.1 Å². The van der Waals surface area contributed by atoms with Gasteiger partial charge in [-0.3, -0.25) is 9.59 Å². The topological polar surface area (TPSA) is 52.6 Å². The lowest BCUT2D eigenvalue weighted by molar-refractivity contribution is -0.112. The van der Waals surface area contributed by atoms with Crippen LogP contribution in [0.2, 0.25) is 0 Å². The molecule has 0 atom stereocenters. The van der Waals surface area contributed by atoms with Gasteiger partial charge in [0.1, 0.15) is 0 Å². The number of nitrogens with zero attached hydrogens (tertiary/aromatic N) is 2. The number of hydrogen-bond donors (Lipinski definition) is 1. The second-order valence-electron chi connectivity index (χ2n) is 6.16. The van der Waals surface area contributed by atoms with Gasteiger partial charge in [0, 0.05) is 25.3 Å². The maximum absolute atomic E-state index is 11.6. The highest BCUT2D eigenvalue weighted by Gasteiger charge is 2.28. The van der Waals surface area contributed by atoms with Crippen molar-refractivity contribution >= 4 is 23.1 Å². The molecule has 0 radical (unpaired) electrons. The molecule has 1 N–H and O–H groups in total. The molecular formula is C16H23N3O2. The Bertz CT molecular complexity index is 552. The second kappa shape index (κ2) is 6.26. The smallest absolute Gasteiger partial charge is 0.296 e. The van der Waals surface area contributed by atoms with Crippen molar-refractivity contribution in [1.29, 1.82) is 0 Å². The fourth-order valence-corrected chi connectivity index (χ4v) is 2.42. The van der Waals surface area contributed by atoms with Gasteiger partial charge in [-0.2, -0.15) is 0 Å². The van der Waals surface area contributed by atoms with Gasteiger partial charge in [-0.1, -0.05) is 13.8 Å². The SMILES string of the molecule is CC(C)CN(CCN(C)C)c1ccc2c(c1)NC(=O)C2=O. The summed E-state index contributed by atoms with van der Waals surface area (Å²) in [5.74, 6) is -0.442. The number of carbonyl (C=O) groups is 2. The van der Waals surface area contributed by atoms with Crippen LogP contribution in [0, 0.1) is 5.92 Å². The van der Waals surface area contributed by atoms with Crippen molar-refractivity contribution in [2.45, 2.75) is 13.8 Å². The van der Waals surface area contributed by atoms with E-state index in [1.54, 1.807) is 6.07 Å². The molecule has 21 heavy (non-hydrogen) atoms. The van der Waals surface area contributed by atoms with Gasteiger partial charge in [0.25, 0.3) is 11.7 Å². The number of anilines is 2. The van der Waals surface area contributed by atoms with Crippen LogP contribution < -0.4 is 10.2 Å². The number of nitrogens with one attached hydrogen (secondary N) is 1. The highest BCUT2D eigenvalue weighted by Crippen LogP contribution is 2.28. The predicted octanol–water partition coefficient (Wildman–Crippen LogP) is 1.85. The first-order chi connectivity index (χ1) is 9.88. The van der Waals surface area contributed by atoms with Crippen LogP contribution in [-0.4, -0.2) is 50.3 Å². The quantitative estimate of drug-likeness (QED) is 0.812. The van der Waals surface area contributed by atoms with Crippen molar-refractivity contribution < 1.29 is 9.59 Å². The average molecular weight is 289 g/mol. The Hall–Kier alpha value is -1.88. The summed E-state index contributed by atoms with van der Waals surface area (Å²) in [4.78, 5) is 27.5. The molecule has 0 aliphatic carbocycles. The normalized spacial score (nSPS) is 13.8. The van der Waals surface area contributed by atoms with Crippen molar-refractivity contribution in [2.75, 3.05) is 43.9 Å². The summed E-state index contributed by atoms with van der Waals surface area (Å²) in [6, 6.07) is 5.57. The maximum atomic E-state index is 11.6. The molecule has 1 aromatic rings. The van der Waals surface area contributed by atoms with Crippen LogP contribution in [0.3, 0.4) is 0 Å². The fourth-order valence-electron chi connectivity index (χ4n) is 2.42. The van der Waals surface area contributed by atoms with Crippen LogP contribution in [-0.2, 0) is 4.79 Å². The van der Waals surface area contributed by atoms with Crippen molar-refractivity contribution in [3.05, 3.63) is 23.8 Å². The number of hydrogen-bond acceptors (Lipinski definition) is 4. The summed E-state index contributed by atoms with van der Waals surface area (Å²) in [7, 11) is 4.10. The van der Waals surface area contributed by atoms with Crippen LogP contribution in [0.4, 0.5) is 11.4 Å². The summed E-state index contributed by atoms with van der Waals surface area (Å²) in [6.45, 7) is 7.16. The zero-order valence-corrected chi connectivity index (χ0v) is 13.1. The maximum Gasteiger partial charge on any atom is 0.296 e. The molecule has 0 unspecified atom stereocenters. The standard InChI is InChI=1S/C16H23N3O2/c1-11(2)10-19(8-7-18(3)4)12-5-6-13-14(9-12)17-16(21)15(13)20/h5-6,9,11H,7-8,10H2,1-4H3,(H,17,20,21). The first-order valence-electron chi connectivity index (χ1n) is 7.28. The molecule has 0 bridgehead atoms. The van der Waals surface area contributed by atoms with Crippen LogP contribution in [0.1, 0.15) is 24.2 Å². The number of likely N-dealkylation sites (N-methyl/N-ethyl adjacent to an activating group) is 1. The van der Waals surface area contributed by atoms with Gasteiger partial charge >= 0.3 is 0 Å². The lowest BCUT2D eigenvalue weighted by Crippen LogP contribution is -2.34. The molecule has 1 aromatic carbocycles. The van der Waals surface area contributed by atoms with Crippen molar-refractivity contribution in [2.24, 2.45) is 5.92 Å². The van der Waals surface area contributed by atoms with E-state index in [1.165, 1.54) is 0 Å². The van der Waals surface area contributed by atoms with Gasteiger partial charge in [-0.05, 0) is 38.2 Å². The first-order valence-corrected chi connectivity index (χ1v) is 7.28. The molecule has 1 heterocycles. The molecular weight excluding hydrogens is 266 g/mol. The largest absolute Gasteiger partial charge is 0.370 e. The fraction of sp³-hybridized carbons (Fsp3) is 0.500. The van der Waals surface area contributed by atoms with Gasteiger partial charge in [-0.15, -0.1) is 0 Å². The number of fused-ring (bicyclic) bond motifs is 1. The van der Waals surface area contributed by atoms with Crippen LogP contribution >= 0.6 is 0 Å². The average Bonchev–Trinajstić information content (AvgIpc) is 2.69. The molecule has 5 heteroatoms. The van der Waals surface area contributed by atoms with E-state index < -0.39 is 11.7 Å². The predicted molar refractivity (Wildman–Crippen MR) is 85.0 cm³/mol. The monoisotopic (exact) mass is 289 g/mol. The Morgan fingerprint density at radius 1 is 1.14 bits per heavy atom. The molecule has 0 fully saturated rings. The zero-order chi connectivity index (χ0) is 15.6. The van der Waals surface area contributed by atoms with E-state index in [0.29, 0.717) is 17.2 Å². The van der Waals surface area contributed by atoms with E-state index in [0.717, 1.165) is 25.3 Å². The minimum Gasteiger partial charge on any atom is -0.370 e.